The summed E-state index contributed by atoms with van der Waals surface area (Å²) in [6.45, 7) is 1.88. The molecule has 0 amide bonds. The maximum atomic E-state index is 5.36. The number of nitrogens with one attached hydrogen (secondary N) is 1. The van der Waals surface area contributed by atoms with Gasteiger partial charge >= 0.3 is 0 Å². The number of hydrogen-bond acceptors (Lipinski definition) is 5. The lowest BCUT2D eigenvalue weighted by atomic mass is 10.3. The van der Waals surface area contributed by atoms with E-state index in [4.69, 9.17) is 5.84 Å². The average Bonchev–Trinajstić information content (AvgIpc) is 2.52. The van der Waals surface area contributed by atoms with Crippen LogP contribution in [-0.2, 0) is 0 Å². The second-order valence-electron chi connectivity index (χ2n) is 2.44. The number of hydrazine groups is 1. The van der Waals surface area contributed by atoms with Gasteiger partial charge in [0.25, 0.3) is 0 Å². The van der Waals surface area contributed by atoms with Gasteiger partial charge in [0.05, 0.1) is 16.1 Å². The minimum atomic E-state index is 0.826. The molecule has 2 aromatic heterocycles. The van der Waals surface area contributed by atoms with Gasteiger partial charge < -0.3 is 5.43 Å². The number of nitrogens with two attached hydrogens (primary N) is 1. The van der Waals surface area contributed by atoms with Crippen LogP contribution in [0.4, 0.5) is 5.69 Å². The highest BCUT2D eigenvalue weighted by Crippen LogP contribution is 2.27. The second kappa shape index (κ2) is 2.69. The van der Waals surface area contributed by atoms with Gasteiger partial charge in [-0.1, -0.05) is 0 Å². The predicted molar refractivity (Wildman–Crippen MR) is 50.0 cm³/mol. The fourth-order valence-corrected chi connectivity index (χ4v) is 1.97. The summed E-state index contributed by atoms with van der Waals surface area (Å²) >= 11 is 1.61. The number of aromatic nitrogens is 2. The highest BCUT2D eigenvalue weighted by Gasteiger charge is 2.06. The minimum absolute atomic E-state index is 0.826. The third-order valence-corrected chi connectivity index (χ3v) is 2.61. The van der Waals surface area contributed by atoms with Crippen LogP contribution in [0.5, 0.6) is 0 Å². The smallest absolute Gasteiger partial charge is 0.106 e. The lowest BCUT2D eigenvalue weighted by Gasteiger charge is -2.02. The monoisotopic (exact) mass is 180 g/mol. The van der Waals surface area contributed by atoms with E-state index in [-0.39, 0.29) is 0 Å². The predicted octanol–water partition coefficient (Wildman–Crippen LogP) is 1.29. The van der Waals surface area contributed by atoms with Crippen LogP contribution in [-0.4, -0.2) is 10.2 Å². The van der Waals surface area contributed by atoms with E-state index in [1.807, 2.05) is 18.4 Å². The van der Waals surface area contributed by atoms with Gasteiger partial charge in [0.15, 0.2) is 0 Å². The number of anilines is 1. The van der Waals surface area contributed by atoms with Crippen LogP contribution in [0.15, 0.2) is 11.4 Å². The van der Waals surface area contributed by atoms with E-state index in [0.717, 1.165) is 21.6 Å². The van der Waals surface area contributed by atoms with Crippen molar-refractivity contribution in [2.75, 3.05) is 5.43 Å². The van der Waals surface area contributed by atoms with Gasteiger partial charge in [-0.15, -0.1) is 16.4 Å². The Labute approximate surface area is 73.4 Å². The van der Waals surface area contributed by atoms with Gasteiger partial charge in [-0.05, 0) is 18.4 Å². The van der Waals surface area contributed by atoms with Crippen LogP contribution in [0.3, 0.4) is 0 Å². The molecule has 0 aromatic carbocycles. The van der Waals surface area contributed by atoms with E-state index >= 15 is 0 Å². The number of fused-ring (bicyclic) bond motifs is 1. The van der Waals surface area contributed by atoms with Gasteiger partial charge in [-0.3, -0.25) is 5.84 Å². The lowest BCUT2D eigenvalue weighted by molar-refractivity contribution is 1.02. The molecule has 2 rings (SSSR count). The molecule has 0 radical (unpaired) electrons. The molecule has 0 unspecified atom stereocenters. The highest BCUT2D eigenvalue weighted by molar-refractivity contribution is 7.17. The number of aryl methyl sites for hydroxylation is 1. The number of nitrogen functional groups attached to an aromatic ring is 1. The molecule has 12 heavy (non-hydrogen) atoms. The number of rotatable bonds is 1. The molecule has 5 heteroatoms. The summed E-state index contributed by atoms with van der Waals surface area (Å²) in [5.74, 6) is 5.36. The second-order valence-corrected chi connectivity index (χ2v) is 3.36. The van der Waals surface area contributed by atoms with Gasteiger partial charge in [-0.2, -0.15) is 5.10 Å². The molecule has 0 aliphatic rings. The molecule has 0 spiro atoms. The first-order chi connectivity index (χ1) is 5.83. The van der Waals surface area contributed by atoms with Crippen LogP contribution in [0.1, 0.15) is 5.69 Å². The first kappa shape index (κ1) is 7.45. The highest BCUT2D eigenvalue weighted by atomic mass is 32.1. The van der Waals surface area contributed by atoms with Crippen molar-refractivity contribution >= 4 is 27.2 Å². The van der Waals surface area contributed by atoms with Crippen LogP contribution in [0, 0.1) is 6.92 Å². The summed E-state index contributed by atoms with van der Waals surface area (Å²) in [7, 11) is 0. The first-order valence-corrected chi connectivity index (χ1v) is 4.38. The third kappa shape index (κ3) is 0.945. The molecule has 2 heterocycles. The van der Waals surface area contributed by atoms with E-state index in [9.17, 15) is 0 Å². The fraction of sp³-hybridized carbons (Fsp3) is 0.143. The largest absolute Gasteiger partial charge is 0.321 e. The van der Waals surface area contributed by atoms with Gasteiger partial charge in [0.2, 0.25) is 0 Å². The average molecular weight is 180 g/mol. The zero-order valence-electron chi connectivity index (χ0n) is 6.53. The maximum absolute atomic E-state index is 5.36. The molecular formula is C7H8N4S. The molecule has 62 valence electrons. The minimum Gasteiger partial charge on any atom is -0.321 e. The van der Waals surface area contributed by atoms with Gasteiger partial charge in [-0.25, -0.2) is 0 Å². The zero-order valence-corrected chi connectivity index (χ0v) is 7.35. The van der Waals surface area contributed by atoms with Crippen molar-refractivity contribution in [1.29, 1.82) is 0 Å². The number of thiophene rings is 1. The normalized spacial score (nSPS) is 10.5. The first-order valence-electron chi connectivity index (χ1n) is 3.50. The van der Waals surface area contributed by atoms with Crippen molar-refractivity contribution in [2.45, 2.75) is 6.92 Å². The molecule has 0 bridgehead atoms. The zero-order chi connectivity index (χ0) is 8.55. The van der Waals surface area contributed by atoms with Crippen LogP contribution < -0.4 is 11.3 Å². The summed E-state index contributed by atoms with van der Waals surface area (Å²) in [6.07, 6.45) is 0. The maximum Gasteiger partial charge on any atom is 0.106 e. The van der Waals surface area contributed by atoms with E-state index in [2.05, 4.69) is 15.6 Å². The number of nitrogens with zero attached hydrogens (tertiary/aromatic N) is 2. The SMILES string of the molecule is Cc1nnc2ccsc2c1NN. The van der Waals surface area contributed by atoms with Gasteiger partial charge in [0.1, 0.15) is 5.52 Å². The quantitative estimate of drug-likeness (QED) is 0.512. The summed E-state index contributed by atoms with van der Waals surface area (Å²) in [4.78, 5) is 0. The van der Waals surface area contributed by atoms with Crippen molar-refractivity contribution in [1.82, 2.24) is 10.2 Å². The van der Waals surface area contributed by atoms with E-state index < -0.39 is 0 Å². The molecular weight excluding hydrogens is 172 g/mol. The summed E-state index contributed by atoms with van der Waals surface area (Å²) < 4.78 is 1.06. The Morgan fingerprint density at radius 1 is 1.50 bits per heavy atom. The van der Waals surface area contributed by atoms with Crippen molar-refractivity contribution < 1.29 is 0 Å². The topological polar surface area (TPSA) is 63.8 Å². The van der Waals surface area contributed by atoms with Gasteiger partial charge in [0, 0.05) is 0 Å². The molecule has 0 fully saturated rings. The molecule has 0 aliphatic carbocycles. The molecule has 0 saturated carbocycles. The van der Waals surface area contributed by atoms with Crippen molar-refractivity contribution in [3.8, 4) is 0 Å². The fourth-order valence-electron chi connectivity index (χ4n) is 1.08. The Balaban J connectivity index is 2.83. The van der Waals surface area contributed by atoms with Crippen molar-refractivity contribution in [3.63, 3.8) is 0 Å². The molecule has 0 saturated heterocycles. The standard InChI is InChI=1S/C7H8N4S/c1-4-6(9-8)7-5(11-10-4)2-3-12-7/h2-3H,8H2,1H3,(H,9,11). The Kier molecular flexibility index (Phi) is 1.67. The molecule has 0 aliphatic heterocycles. The summed E-state index contributed by atoms with van der Waals surface area (Å²) in [5, 5.41) is 9.95. The third-order valence-electron chi connectivity index (χ3n) is 1.69. The number of hydrogen-bond donors (Lipinski definition) is 2. The molecule has 0 atom stereocenters. The Morgan fingerprint density at radius 2 is 2.33 bits per heavy atom. The molecule has 3 N–H and O–H groups in total. The lowest BCUT2D eigenvalue weighted by Crippen LogP contribution is -2.09. The summed E-state index contributed by atoms with van der Waals surface area (Å²) in [5.41, 5.74) is 5.22. The Bertz CT molecular complexity index is 409. The molecule has 2 aromatic rings. The van der Waals surface area contributed by atoms with Crippen LogP contribution in [0.25, 0.3) is 10.2 Å². The Hall–Kier alpha value is -1.20. The van der Waals surface area contributed by atoms with Crippen molar-refractivity contribution in [2.24, 2.45) is 5.84 Å². The Morgan fingerprint density at radius 3 is 3.08 bits per heavy atom. The molecule has 4 nitrogen and oxygen atoms in total. The van der Waals surface area contributed by atoms with Crippen LogP contribution in [0.2, 0.25) is 0 Å². The van der Waals surface area contributed by atoms with Crippen LogP contribution >= 0.6 is 11.3 Å². The van der Waals surface area contributed by atoms with E-state index in [0.29, 0.717) is 0 Å². The van der Waals surface area contributed by atoms with Crippen molar-refractivity contribution in [3.05, 3.63) is 17.1 Å². The summed E-state index contributed by atoms with van der Waals surface area (Å²) in [6, 6.07) is 1.92. The van der Waals surface area contributed by atoms with E-state index in [1.165, 1.54) is 0 Å². The van der Waals surface area contributed by atoms with E-state index in [1.54, 1.807) is 11.3 Å².